The van der Waals surface area contributed by atoms with Gasteiger partial charge in [0, 0.05) is 36.8 Å². The topological polar surface area (TPSA) is 17.4 Å². The summed E-state index contributed by atoms with van der Waals surface area (Å²) < 4.78 is 7.73. The Hall–Kier alpha value is -2.52. The van der Waals surface area contributed by atoms with Crippen LogP contribution in [0.2, 0.25) is 0 Å². The van der Waals surface area contributed by atoms with Crippen LogP contribution in [0, 0.1) is 6.92 Å². The molecule has 0 atom stereocenters. The molecule has 0 amide bonds. The van der Waals surface area contributed by atoms with Crippen molar-refractivity contribution in [2.45, 2.75) is 26.7 Å². The van der Waals surface area contributed by atoms with E-state index in [0.29, 0.717) is 0 Å². The van der Waals surface area contributed by atoms with E-state index in [1.165, 1.54) is 38.9 Å². The van der Waals surface area contributed by atoms with E-state index in [1.807, 2.05) is 12.1 Å². The zero-order valence-electron chi connectivity index (χ0n) is 16.7. The average molecular weight is 361 g/mol. The highest BCUT2D eigenvalue weighted by Crippen LogP contribution is 2.31. The number of nitrogens with zero attached hydrogens (tertiary/aromatic N) is 2. The average Bonchev–Trinajstić information content (AvgIpc) is 2.82. The molecular formula is C24H28N2O. The van der Waals surface area contributed by atoms with E-state index < -0.39 is 0 Å². The summed E-state index contributed by atoms with van der Waals surface area (Å²) in [5.74, 6) is 0.894. The Labute approximate surface area is 161 Å². The van der Waals surface area contributed by atoms with Crippen molar-refractivity contribution in [3.05, 3.63) is 64.8 Å². The molecule has 0 unspecified atom stereocenters. The minimum absolute atomic E-state index is 0.894. The minimum Gasteiger partial charge on any atom is -0.497 e. The van der Waals surface area contributed by atoms with Crippen molar-refractivity contribution in [2.24, 2.45) is 0 Å². The molecule has 2 aromatic carbocycles. The Kier molecular flexibility index (Phi) is 4.79. The van der Waals surface area contributed by atoms with Crippen LogP contribution < -0.4 is 4.74 Å². The first-order valence-corrected chi connectivity index (χ1v) is 9.70. The van der Waals surface area contributed by atoms with Gasteiger partial charge >= 0.3 is 0 Å². The quantitative estimate of drug-likeness (QED) is 0.653. The van der Waals surface area contributed by atoms with Gasteiger partial charge in [-0.2, -0.15) is 0 Å². The molecule has 1 aliphatic rings. The highest BCUT2D eigenvalue weighted by Gasteiger charge is 2.20. The predicted molar refractivity (Wildman–Crippen MR) is 114 cm³/mol. The second-order valence-corrected chi connectivity index (χ2v) is 7.66. The van der Waals surface area contributed by atoms with E-state index in [0.717, 1.165) is 31.7 Å². The normalized spacial score (nSPS) is 15.6. The molecule has 4 rings (SSSR count). The zero-order chi connectivity index (χ0) is 19.0. The second-order valence-electron chi connectivity index (χ2n) is 7.66. The lowest BCUT2D eigenvalue weighted by Crippen LogP contribution is -2.21. The van der Waals surface area contributed by atoms with E-state index in [1.54, 1.807) is 7.11 Å². The predicted octanol–water partition coefficient (Wildman–Crippen LogP) is 5.01. The number of methoxy groups -OCH3 is 1. The molecular weight excluding hydrogens is 332 g/mol. The lowest BCUT2D eigenvalue weighted by molar-refractivity contribution is 0.351. The third-order valence-electron chi connectivity index (χ3n) is 5.72. The fourth-order valence-corrected chi connectivity index (χ4v) is 4.08. The van der Waals surface area contributed by atoms with Crippen LogP contribution in [0.3, 0.4) is 0 Å². The van der Waals surface area contributed by atoms with Gasteiger partial charge in [-0.25, -0.2) is 0 Å². The number of aromatic nitrogens is 1. The van der Waals surface area contributed by atoms with Gasteiger partial charge in [0.2, 0.25) is 0 Å². The Bertz CT molecular complexity index is 995. The van der Waals surface area contributed by atoms with Crippen molar-refractivity contribution in [1.82, 2.24) is 9.47 Å². The Morgan fingerprint density at radius 3 is 2.52 bits per heavy atom. The van der Waals surface area contributed by atoms with Crippen LogP contribution in [-0.2, 0) is 12.8 Å². The van der Waals surface area contributed by atoms with Crippen LogP contribution in [0.15, 0.2) is 42.5 Å². The molecule has 3 aromatic rings. The Balaban J connectivity index is 1.85. The largest absolute Gasteiger partial charge is 0.497 e. The minimum atomic E-state index is 0.894. The van der Waals surface area contributed by atoms with Gasteiger partial charge in [0.05, 0.1) is 12.6 Å². The molecule has 0 saturated heterocycles. The van der Waals surface area contributed by atoms with Crippen molar-refractivity contribution in [3.8, 4) is 5.75 Å². The van der Waals surface area contributed by atoms with Crippen molar-refractivity contribution in [1.29, 1.82) is 0 Å². The number of likely N-dealkylation sites (N-methyl/N-ethyl adjacent to an activating group) is 1. The second kappa shape index (κ2) is 7.24. The van der Waals surface area contributed by atoms with Crippen LogP contribution >= 0.6 is 0 Å². The third-order valence-corrected chi connectivity index (χ3v) is 5.72. The van der Waals surface area contributed by atoms with Gasteiger partial charge < -0.3 is 14.2 Å². The molecule has 0 radical (unpaired) electrons. The summed E-state index contributed by atoms with van der Waals surface area (Å²) >= 11 is 0. The maximum absolute atomic E-state index is 5.29. The van der Waals surface area contributed by atoms with Crippen LogP contribution in [0.4, 0.5) is 0 Å². The SMILES string of the molecule is COc1ccc(C(C)=Cn2c3c(c4cc(C)ccc42)CCN(C)CC3)cc1. The van der Waals surface area contributed by atoms with Gasteiger partial charge in [-0.15, -0.1) is 0 Å². The summed E-state index contributed by atoms with van der Waals surface area (Å²) in [7, 11) is 3.93. The third kappa shape index (κ3) is 3.40. The van der Waals surface area contributed by atoms with Gasteiger partial charge in [-0.05, 0) is 68.3 Å². The summed E-state index contributed by atoms with van der Waals surface area (Å²) in [5.41, 5.74) is 8.13. The number of hydrogen-bond donors (Lipinski definition) is 0. The van der Waals surface area contributed by atoms with Crippen LogP contribution in [0.5, 0.6) is 5.75 Å². The maximum Gasteiger partial charge on any atom is 0.118 e. The number of rotatable bonds is 3. The van der Waals surface area contributed by atoms with Crippen LogP contribution in [0.25, 0.3) is 22.7 Å². The van der Waals surface area contributed by atoms with Crippen molar-refractivity contribution in [2.75, 3.05) is 27.2 Å². The molecule has 0 N–H and O–H groups in total. The number of aryl methyl sites for hydroxylation is 1. The lowest BCUT2D eigenvalue weighted by atomic mass is 10.1. The number of fused-ring (bicyclic) bond motifs is 3. The summed E-state index contributed by atoms with van der Waals surface area (Å²) in [6.45, 7) is 6.61. The Morgan fingerprint density at radius 1 is 1.04 bits per heavy atom. The molecule has 140 valence electrons. The monoisotopic (exact) mass is 360 g/mol. The summed E-state index contributed by atoms with van der Waals surface area (Å²) in [5, 5.41) is 1.42. The molecule has 0 aliphatic carbocycles. The van der Waals surface area contributed by atoms with Crippen LogP contribution in [-0.4, -0.2) is 36.7 Å². The number of benzene rings is 2. The van der Waals surface area contributed by atoms with Crippen molar-refractivity contribution >= 4 is 22.7 Å². The summed E-state index contributed by atoms with van der Waals surface area (Å²) in [4.78, 5) is 2.44. The van der Waals surface area contributed by atoms with Crippen molar-refractivity contribution in [3.63, 3.8) is 0 Å². The molecule has 1 aromatic heterocycles. The van der Waals surface area contributed by atoms with Gasteiger partial charge in [-0.3, -0.25) is 0 Å². The number of ether oxygens (including phenoxy) is 1. The smallest absolute Gasteiger partial charge is 0.118 e. The molecule has 1 aliphatic heterocycles. The fourth-order valence-electron chi connectivity index (χ4n) is 4.08. The molecule has 0 bridgehead atoms. The molecule has 27 heavy (non-hydrogen) atoms. The number of allylic oxidation sites excluding steroid dienone is 1. The van der Waals surface area contributed by atoms with E-state index in [9.17, 15) is 0 Å². The summed E-state index contributed by atoms with van der Waals surface area (Å²) in [6, 6.07) is 15.2. The highest BCUT2D eigenvalue weighted by molar-refractivity contribution is 5.90. The zero-order valence-corrected chi connectivity index (χ0v) is 16.7. The standard InChI is InChI=1S/C24H28N2O/c1-17-5-10-23-22(15-17)21-11-13-25(3)14-12-24(21)26(23)16-18(2)19-6-8-20(27-4)9-7-19/h5-10,15-16H,11-14H2,1-4H3. The highest BCUT2D eigenvalue weighted by atomic mass is 16.5. The fraction of sp³-hybridized carbons (Fsp3) is 0.333. The summed E-state index contributed by atoms with van der Waals surface area (Å²) in [6.07, 6.45) is 4.52. The van der Waals surface area contributed by atoms with Crippen molar-refractivity contribution < 1.29 is 4.74 Å². The van der Waals surface area contributed by atoms with E-state index in [2.05, 4.69) is 66.9 Å². The molecule has 3 heteroatoms. The van der Waals surface area contributed by atoms with Gasteiger partial charge in [0.15, 0.2) is 0 Å². The molecule has 0 spiro atoms. The van der Waals surface area contributed by atoms with E-state index >= 15 is 0 Å². The van der Waals surface area contributed by atoms with E-state index in [4.69, 9.17) is 4.74 Å². The Morgan fingerprint density at radius 2 is 1.78 bits per heavy atom. The van der Waals surface area contributed by atoms with Gasteiger partial charge in [-0.1, -0.05) is 23.8 Å². The van der Waals surface area contributed by atoms with Crippen LogP contribution in [0.1, 0.15) is 29.3 Å². The lowest BCUT2D eigenvalue weighted by Gasteiger charge is -2.13. The maximum atomic E-state index is 5.29. The first-order chi connectivity index (χ1) is 13.1. The molecule has 2 heterocycles. The number of hydrogen-bond acceptors (Lipinski definition) is 2. The molecule has 3 nitrogen and oxygen atoms in total. The molecule has 0 fully saturated rings. The molecule has 0 saturated carbocycles. The first kappa shape index (κ1) is 17.9. The first-order valence-electron chi connectivity index (χ1n) is 9.70. The van der Waals surface area contributed by atoms with Gasteiger partial charge in [0.25, 0.3) is 0 Å². The van der Waals surface area contributed by atoms with E-state index in [-0.39, 0.29) is 0 Å². The van der Waals surface area contributed by atoms with Gasteiger partial charge in [0.1, 0.15) is 5.75 Å².